The van der Waals surface area contributed by atoms with Crippen molar-refractivity contribution in [2.24, 2.45) is 0 Å². The molecule has 0 aliphatic rings. The molecule has 92 valence electrons. The van der Waals surface area contributed by atoms with E-state index in [0.29, 0.717) is 12.1 Å². The van der Waals surface area contributed by atoms with Gasteiger partial charge in [0.2, 0.25) is 0 Å². The maximum absolute atomic E-state index is 11.8. The molecule has 6 heteroatoms. The summed E-state index contributed by atoms with van der Waals surface area (Å²) in [5.74, 6) is -0.0536. The summed E-state index contributed by atoms with van der Waals surface area (Å²) in [4.78, 5) is 19.7. The number of halogens is 1. The van der Waals surface area contributed by atoms with Crippen molar-refractivity contribution in [3.8, 4) is 0 Å². The Morgan fingerprint density at radius 2 is 2.22 bits per heavy atom. The maximum atomic E-state index is 11.8. The van der Waals surface area contributed by atoms with Crippen molar-refractivity contribution in [1.29, 1.82) is 0 Å². The fourth-order valence-corrected chi connectivity index (χ4v) is 1.64. The molecule has 0 bridgehead atoms. The van der Waals surface area contributed by atoms with E-state index in [4.69, 9.17) is 17.3 Å². The Morgan fingerprint density at radius 1 is 1.39 bits per heavy atom. The third-order valence-electron chi connectivity index (χ3n) is 2.23. The predicted molar refractivity (Wildman–Crippen MR) is 69.1 cm³/mol. The third-order valence-corrected chi connectivity index (χ3v) is 2.43. The van der Waals surface area contributed by atoms with Crippen LogP contribution in [0.1, 0.15) is 16.1 Å². The average molecular weight is 263 g/mol. The molecule has 0 saturated heterocycles. The molecule has 0 saturated carbocycles. The molecule has 0 aromatic carbocycles. The van der Waals surface area contributed by atoms with Gasteiger partial charge in [-0.1, -0.05) is 17.7 Å². The Labute approximate surface area is 109 Å². The molecule has 0 fully saturated rings. The molecule has 0 aliphatic carbocycles. The number of carbonyl (C=O) groups is 1. The molecule has 0 radical (unpaired) electrons. The van der Waals surface area contributed by atoms with Crippen LogP contribution in [0.25, 0.3) is 0 Å². The number of hydrogen-bond acceptors (Lipinski definition) is 4. The first-order chi connectivity index (χ1) is 8.65. The quantitative estimate of drug-likeness (QED) is 0.824. The number of nitrogens with two attached hydrogens (primary N) is 1. The monoisotopic (exact) mass is 262 g/mol. The highest BCUT2D eigenvalue weighted by Crippen LogP contribution is 2.12. The number of rotatable bonds is 3. The van der Waals surface area contributed by atoms with Gasteiger partial charge in [0.05, 0.1) is 12.2 Å². The van der Waals surface area contributed by atoms with Crippen molar-refractivity contribution >= 4 is 23.3 Å². The zero-order valence-electron chi connectivity index (χ0n) is 9.43. The van der Waals surface area contributed by atoms with Gasteiger partial charge < -0.3 is 11.1 Å². The molecule has 0 aliphatic heterocycles. The lowest BCUT2D eigenvalue weighted by molar-refractivity contribution is 0.0950. The van der Waals surface area contributed by atoms with Gasteiger partial charge in [0, 0.05) is 11.8 Å². The predicted octanol–water partition coefficient (Wildman–Crippen LogP) is 1.64. The zero-order chi connectivity index (χ0) is 13.0. The first-order valence-electron chi connectivity index (χ1n) is 5.26. The van der Waals surface area contributed by atoms with E-state index in [1.165, 1.54) is 12.1 Å². The number of amides is 1. The van der Waals surface area contributed by atoms with Crippen LogP contribution in [0.3, 0.4) is 0 Å². The van der Waals surface area contributed by atoms with Gasteiger partial charge in [-0.2, -0.15) is 0 Å². The summed E-state index contributed by atoms with van der Waals surface area (Å²) in [5, 5.41) is 2.92. The minimum absolute atomic E-state index is 0.193. The summed E-state index contributed by atoms with van der Waals surface area (Å²) < 4.78 is 0. The summed E-state index contributed by atoms with van der Waals surface area (Å²) in [6.07, 6.45) is 1.67. The van der Waals surface area contributed by atoms with Crippen LogP contribution in [-0.4, -0.2) is 15.9 Å². The fraction of sp³-hybridized carbons (Fsp3) is 0.0833. The highest BCUT2D eigenvalue weighted by molar-refractivity contribution is 6.29. The number of hydrogen-bond donors (Lipinski definition) is 2. The zero-order valence-corrected chi connectivity index (χ0v) is 10.2. The van der Waals surface area contributed by atoms with Gasteiger partial charge in [-0.05, 0) is 24.3 Å². The van der Waals surface area contributed by atoms with Crippen LogP contribution in [0.5, 0.6) is 0 Å². The molecule has 0 atom stereocenters. The van der Waals surface area contributed by atoms with E-state index in [2.05, 4.69) is 15.3 Å². The number of nitrogen functional groups attached to an aromatic ring is 1. The first-order valence-corrected chi connectivity index (χ1v) is 5.64. The second-order valence-corrected chi connectivity index (χ2v) is 3.99. The molecule has 2 heterocycles. The van der Waals surface area contributed by atoms with E-state index in [0.717, 1.165) is 5.69 Å². The SMILES string of the molecule is Nc1cc(C(=O)NCc2ccccn2)cc(Cl)n1. The smallest absolute Gasteiger partial charge is 0.251 e. The van der Waals surface area contributed by atoms with Crippen LogP contribution in [0.15, 0.2) is 36.5 Å². The Hall–Kier alpha value is -2.14. The lowest BCUT2D eigenvalue weighted by Crippen LogP contribution is -2.23. The number of pyridine rings is 2. The number of aromatic nitrogens is 2. The van der Waals surface area contributed by atoms with Crippen LogP contribution in [-0.2, 0) is 6.54 Å². The maximum Gasteiger partial charge on any atom is 0.251 e. The van der Waals surface area contributed by atoms with Crippen molar-refractivity contribution in [2.45, 2.75) is 6.54 Å². The Bertz CT molecular complexity index is 539. The largest absolute Gasteiger partial charge is 0.384 e. The minimum atomic E-state index is -0.267. The number of nitrogens with zero attached hydrogens (tertiary/aromatic N) is 2. The molecule has 18 heavy (non-hydrogen) atoms. The second kappa shape index (κ2) is 5.46. The van der Waals surface area contributed by atoms with Crippen molar-refractivity contribution in [2.75, 3.05) is 5.73 Å². The molecule has 1 amide bonds. The fourth-order valence-electron chi connectivity index (χ4n) is 1.42. The van der Waals surface area contributed by atoms with Crippen LogP contribution in [0, 0.1) is 0 Å². The highest BCUT2D eigenvalue weighted by Gasteiger charge is 2.08. The van der Waals surface area contributed by atoms with Gasteiger partial charge in [-0.15, -0.1) is 0 Å². The highest BCUT2D eigenvalue weighted by atomic mass is 35.5. The van der Waals surface area contributed by atoms with Crippen molar-refractivity contribution < 1.29 is 4.79 Å². The molecule has 0 unspecified atom stereocenters. The van der Waals surface area contributed by atoms with Crippen molar-refractivity contribution in [1.82, 2.24) is 15.3 Å². The normalized spacial score (nSPS) is 10.1. The van der Waals surface area contributed by atoms with E-state index < -0.39 is 0 Å². The lowest BCUT2D eigenvalue weighted by Gasteiger charge is -2.05. The summed E-state index contributed by atoms with van der Waals surface area (Å²) in [5.41, 5.74) is 6.67. The molecule has 2 aromatic heterocycles. The van der Waals surface area contributed by atoms with E-state index in [1.54, 1.807) is 6.20 Å². The molecule has 5 nitrogen and oxygen atoms in total. The second-order valence-electron chi connectivity index (χ2n) is 3.61. The van der Waals surface area contributed by atoms with E-state index >= 15 is 0 Å². The number of nitrogens with one attached hydrogen (secondary N) is 1. The number of carbonyl (C=O) groups excluding carboxylic acids is 1. The van der Waals surface area contributed by atoms with Crippen LogP contribution < -0.4 is 11.1 Å². The number of anilines is 1. The lowest BCUT2D eigenvalue weighted by atomic mass is 10.2. The van der Waals surface area contributed by atoms with E-state index in [9.17, 15) is 4.79 Å². The Morgan fingerprint density at radius 3 is 2.89 bits per heavy atom. The van der Waals surface area contributed by atoms with Crippen LogP contribution in [0.4, 0.5) is 5.82 Å². The van der Waals surface area contributed by atoms with Gasteiger partial charge in [0.25, 0.3) is 5.91 Å². The van der Waals surface area contributed by atoms with Gasteiger partial charge in [-0.3, -0.25) is 9.78 Å². The molecule has 2 aromatic rings. The topological polar surface area (TPSA) is 80.9 Å². The summed E-state index contributed by atoms with van der Waals surface area (Å²) in [6, 6.07) is 8.43. The standard InChI is InChI=1S/C12H11ClN4O/c13-10-5-8(6-11(14)17-10)12(18)16-7-9-3-1-2-4-15-9/h1-6H,7H2,(H2,14,17)(H,16,18). The molecule has 2 rings (SSSR count). The third kappa shape index (κ3) is 3.18. The summed E-state index contributed by atoms with van der Waals surface area (Å²) >= 11 is 5.73. The molecular weight excluding hydrogens is 252 g/mol. The molecular formula is C12H11ClN4O. The van der Waals surface area contributed by atoms with Gasteiger partial charge in [-0.25, -0.2) is 4.98 Å². The van der Waals surface area contributed by atoms with Gasteiger partial charge >= 0.3 is 0 Å². The summed E-state index contributed by atoms with van der Waals surface area (Å²) in [7, 11) is 0. The Kier molecular flexibility index (Phi) is 3.74. The van der Waals surface area contributed by atoms with Crippen LogP contribution in [0.2, 0.25) is 5.15 Å². The van der Waals surface area contributed by atoms with Crippen molar-refractivity contribution in [3.05, 3.63) is 52.9 Å². The molecule has 3 N–H and O–H groups in total. The van der Waals surface area contributed by atoms with Crippen LogP contribution >= 0.6 is 11.6 Å². The van der Waals surface area contributed by atoms with Gasteiger partial charge in [0.1, 0.15) is 11.0 Å². The van der Waals surface area contributed by atoms with E-state index in [1.807, 2.05) is 18.2 Å². The van der Waals surface area contributed by atoms with E-state index in [-0.39, 0.29) is 16.9 Å². The Balaban J connectivity index is 2.04. The van der Waals surface area contributed by atoms with Crippen molar-refractivity contribution in [3.63, 3.8) is 0 Å². The summed E-state index contributed by atoms with van der Waals surface area (Å²) in [6.45, 7) is 0.347. The van der Waals surface area contributed by atoms with Gasteiger partial charge in [0.15, 0.2) is 0 Å². The molecule has 0 spiro atoms. The average Bonchev–Trinajstić information content (AvgIpc) is 2.36. The minimum Gasteiger partial charge on any atom is -0.384 e. The first kappa shape index (κ1) is 12.3.